The third-order valence-electron chi connectivity index (χ3n) is 6.65. The number of rotatable bonds is 8. The van der Waals surface area contributed by atoms with Gasteiger partial charge in [-0.2, -0.15) is 15.1 Å². The van der Waals surface area contributed by atoms with E-state index in [1.165, 1.54) is 16.8 Å². The third kappa shape index (κ3) is 5.15. The fourth-order valence-electron chi connectivity index (χ4n) is 4.60. The minimum absolute atomic E-state index is 0.00713. The van der Waals surface area contributed by atoms with Crippen LogP contribution < -0.4 is 9.47 Å². The first kappa shape index (κ1) is 25.6. The second-order valence-corrected chi connectivity index (χ2v) is 10.6. The van der Waals surface area contributed by atoms with E-state index in [1.807, 2.05) is 80.7 Å². The zero-order chi connectivity index (χ0) is 27.6. The van der Waals surface area contributed by atoms with Gasteiger partial charge in [0, 0.05) is 22.7 Å². The lowest BCUT2D eigenvalue weighted by Gasteiger charge is -2.20. The monoisotopic (exact) mass is 549 g/mol. The normalized spacial score (nSPS) is 15.8. The van der Waals surface area contributed by atoms with Crippen LogP contribution in [0, 0.1) is 19.3 Å². The Kier molecular flexibility index (Phi) is 6.96. The molecule has 3 aromatic carbocycles. The average Bonchev–Trinajstić information content (AvgIpc) is 3.53. The van der Waals surface area contributed by atoms with E-state index in [-0.39, 0.29) is 18.0 Å². The average molecular weight is 550 g/mol. The van der Waals surface area contributed by atoms with Crippen molar-refractivity contribution in [3.63, 3.8) is 0 Å². The molecule has 0 unspecified atom stereocenters. The summed E-state index contributed by atoms with van der Waals surface area (Å²) in [6.45, 7) is 5.43. The van der Waals surface area contributed by atoms with Crippen molar-refractivity contribution in [2.24, 2.45) is 10.1 Å². The minimum atomic E-state index is -0.459. The van der Waals surface area contributed by atoms with E-state index in [1.54, 1.807) is 6.08 Å². The zero-order valence-corrected chi connectivity index (χ0v) is 22.9. The van der Waals surface area contributed by atoms with Gasteiger partial charge in [0.15, 0.2) is 5.84 Å². The lowest BCUT2D eigenvalue weighted by molar-refractivity contribution is -0.114. The van der Waals surface area contributed by atoms with Crippen molar-refractivity contribution >= 4 is 50.7 Å². The van der Waals surface area contributed by atoms with Crippen molar-refractivity contribution in [3.8, 4) is 11.5 Å². The van der Waals surface area contributed by atoms with E-state index in [0.717, 1.165) is 39.1 Å². The van der Waals surface area contributed by atoms with Gasteiger partial charge in [-0.1, -0.05) is 48.5 Å². The lowest BCUT2D eigenvalue weighted by atomic mass is 10.1. The van der Waals surface area contributed by atoms with E-state index in [0.29, 0.717) is 23.4 Å². The van der Waals surface area contributed by atoms with Gasteiger partial charge in [-0.05, 0) is 67.1 Å². The number of benzene rings is 3. The van der Waals surface area contributed by atoms with Crippen LogP contribution >= 0.6 is 11.8 Å². The van der Waals surface area contributed by atoms with Crippen LogP contribution in [-0.4, -0.2) is 44.7 Å². The molecule has 0 fully saturated rings. The number of para-hydroxylation sites is 2. The number of fused-ring (bicyclic) bond motifs is 2. The van der Waals surface area contributed by atoms with E-state index < -0.39 is 5.91 Å². The molecule has 8 nitrogen and oxygen atoms in total. The number of aliphatic imine (C=N–C) groups is 1. The number of hydrogen-bond acceptors (Lipinski definition) is 6. The fraction of sp³-hybridized carbons (Fsp3) is 0.161. The van der Waals surface area contributed by atoms with Crippen LogP contribution in [0.4, 0.5) is 0 Å². The standard InChI is InChI=1S/C31H27N5O3S/c1-20-12-13-21(2)27(16-20)38-15-14-35-18-22(24-10-6-7-11-26(24)35)17-25-29(32)36-31(33-30(25)37)40-28(34-36)19-39-23-8-4-3-5-9-23/h3-13,16-18,32H,14-15,19H2,1-2H3/b25-17-,32-29?. The summed E-state index contributed by atoms with van der Waals surface area (Å²) < 4.78 is 14.0. The molecule has 6 rings (SSSR count). The van der Waals surface area contributed by atoms with Crippen molar-refractivity contribution in [1.29, 1.82) is 5.41 Å². The molecule has 0 radical (unpaired) electrons. The van der Waals surface area contributed by atoms with Crippen molar-refractivity contribution < 1.29 is 14.3 Å². The highest BCUT2D eigenvalue weighted by molar-refractivity contribution is 8.27. The predicted octanol–water partition coefficient (Wildman–Crippen LogP) is 6.04. The van der Waals surface area contributed by atoms with Crippen molar-refractivity contribution in [1.82, 2.24) is 9.58 Å². The Morgan fingerprint density at radius 3 is 2.65 bits per heavy atom. The van der Waals surface area contributed by atoms with E-state index in [9.17, 15) is 4.79 Å². The maximum atomic E-state index is 13.0. The molecule has 0 spiro atoms. The fourth-order valence-corrected chi connectivity index (χ4v) is 5.40. The van der Waals surface area contributed by atoms with Crippen molar-refractivity contribution in [3.05, 3.63) is 101 Å². The molecular weight excluding hydrogens is 522 g/mol. The van der Waals surface area contributed by atoms with Gasteiger partial charge < -0.3 is 14.0 Å². The molecule has 0 aliphatic carbocycles. The molecule has 0 saturated heterocycles. The number of nitrogens with one attached hydrogen (secondary N) is 1. The van der Waals surface area contributed by atoms with Gasteiger partial charge >= 0.3 is 0 Å². The molecule has 2 aliphatic heterocycles. The highest BCUT2D eigenvalue weighted by Crippen LogP contribution is 2.30. The molecule has 200 valence electrons. The topological polar surface area (TPSA) is 92.3 Å². The van der Waals surface area contributed by atoms with Gasteiger partial charge in [-0.15, -0.1) is 0 Å². The van der Waals surface area contributed by atoms with Gasteiger partial charge in [-0.25, -0.2) is 0 Å². The molecule has 9 heteroatoms. The summed E-state index contributed by atoms with van der Waals surface area (Å²) in [5.41, 5.74) is 4.29. The molecule has 1 aromatic heterocycles. The van der Waals surface area contributed by atoms with Crippen LogP contribution in [-0.2, 0) is 11.3 Å². The third-order valence-corrected chi connectivity index (χ3v) is 7.54. The Morgan fingerprint density at radius 1 is 1.00 bits per heavy atom. The maximum Gasteiger partial charge on any atom is 0.283 e. The van der Waals surface area contributed by atoms with Crippen LogP contribution in [0.3, 0.4) is 0 Å². The summed E-state index contributed by atoms with van der Waals surface area (Å²) in [5, 5.41) is 16.6. The van der Waals surface area contributed by atoms with Gasteiger partial charge in [0.2, 0.25) is 5.17 Å². The van der Waals surface area contributed by atoms with Gasteiger partial charge in [0.1, 0.15) is 29.8 Å². The molecule has 0 saturated carbocycles. The van der Waals surface area contributed by atoms with Crippen molar-refractivity contribution in [2.75, 3.05) is 13.2 Å². The first-order valence-corrected chi connectivity index (χ1v) is 13.7. The second kappa shape index (κ2) is 10.9. The molecule has 1 N–H and O–H groups in total. The largest absolute Gasteiger partial charge is 0.491 e. The number of carbonyl (C=O) groups is 1. The Morgan fingerprint density at radius 2 is 1.80 bits per heavy atom. The van der Waals surface area contributed by atoms with Crippen LogP contribution in [0.25, 0.3) is 17.0 Å². The zero-order valence-electron chi connectivity index (χ0n) is 22.1. The smallest absolute Gasteiger partial charge is 0.283 e. The molecule has 4 aromatic rings. The van der Waals surface area contributed by atoms with E-state index in [2.05, 4.69) is 26.8 Å². The number of amides is 1. The summed E-state index contributed by atoms with van der Waals surface area (Å²) in [5.74, 6) is 1.14. The van der Waals surface area contributed by atoms with E-state index in [4.69, 9.17) is 14.9 Å². The molecule has 3 heterocycles. The van der Waals surface area contributed by atoms with Gasteiger partial charge in [-0.3, -0.25) is 10.2 Å². The summed E-state index contributed by atoms with van der Waals surface area (Å²) in [4.78, 5) is 17.2. The SMILES string of the molecule is Cc1ccc(C)c(OCCn2cc(/C=C3/C(=N)N4N=C(COc5ccccc5)SC4=NC3=O)c3ccccc32)c1. The number of hydrogen-bond donors (Lipinski definition) is 1. The number of aryl methyl sites for hydroxylation is 2. The number of carbonyl (C=O) groups excluding carboxylic acids is 1. The first-order chi connectivity index (χ1) is 19.5. The Hall–Kier alpha value is -4.63. The van der Waals surface area contributed by atoms with E-state index >= 15 is 0 Å². The van der Waals surface area contributed by atoms with Gasteiger partial charge in [0.05, 0.1) is 12.1 Å². The predicted molar refractivity (Wildman–Crippen MR) is 160 cm³/mol. The molecule has 0 bridgehead atoms. The number of aromatic nitrogens is 1. The van der Waals surface area contributed by atoms with Crippen molar-refractivity contribution in [2.45, 2.75) is 20.4 Å². The summed E-state index contributed by atoms with van der Waals surface area (Å²) in [6.07, 6.45) is 3.72. The number of ether oxygens (including phenoxy) is 2. The van der Waals surface area contributed by atoms with Gasteiger partial charge in [0.25, 0.3) is 5.91 Å². The van der Waals surface area contributed by atoms with Crippen LogP contribution in [0.15, 0.2) is 94.7 Å². The molecule has 2 aliphatic rings. The Labute approximate surface area is 236 Å². The highest BCUT2D eigenvalue weighted by Gasteiger charge is 2.36. The van der Waals surface area contributed by atoms with Crippen LogP contribution in [0.1, 0.15) is 16.7 Å². The number of nitrogens with zero attached hydrogens (tertiary/aromatic N) is 4. The number of thioether (sulfide) groups is 1. The summed E-state index contributed by atoms with van der Waals surface area (Å²) in [7, 11) is 0. The summed E-state index contributed by atoms with van der Waals surface area (Å²) in [6, 6.07) is 23.6. The quantitative estimate of drug-likeness (QED) is 0.271. The highest BCUT2D eigenvalue weighted by atomic mass is 32.2. The summed E-state index contributed by atoms with van der Waals surface area (Å²) >= 11 is 1.24. The number of hydrazone groups is 1. The molecule has 40 heavy (non-hydrogen) atoms. The van der Waals surface area contributed by atoms with Crippen LogP contribution in [0.5, 0.6) is 11.5 Å². The Bertz CT molecular complexity index is 1720. The molecular formula is C31H27N5O3S. The maximum absolute atomic E-state index is 13.0. The Balaban J connectivity index is 1.22. The first-order valence-electron chi connectivity index (χ1n) is 12.9. The molecule has 1 amide bonds. The lowest BCUT2D eigenvalue weighted by Crippen LogP contribution is -2.35. The minimum Gasteiger partial charge on any atom is -0.491 e. The second-order valence-electron chi connectivity index (χ2n) is 9.53. The van der Waals surface area contributed by atoms with Crippen LogP contribution in [0.2, 0.25) is 0 Å². The molecule has 0 atom stereocenters. The number of amidine groups is 2.